The summed E-state index contributed by atoms with van der Waals surface area (Å²) in [5, 5.41) is 7.68. The average Bonchev–Trinajstić information content (AvgIpc) is 3.64. The minimum absolute atomic E-state index is 0. The maximum atomic E-state index is 6.57. The van der Waals surface area contributed by atoms with Gasteiger partial charge in [-0.1, -0.05) is 65.3 Å². The number of aromatic nitrogens is 4. The Kier molecular flexibility index (Phi) is 9.66. The molecule has 268 valence electrons. The average molecular weight is 779 g/mol. The van der Waals surface area contributed by atoms with Crippen molar-refractivity contribution >= 4 is 21.8 Å². The van der Waals surface area contributed by atoms with Gasteiger partial charge >= 0.3 is 20.4 Å². The molecule has 0 aliphatic heterocycles. The molecular formula is C46H48N4OPd. The maximum Gasteiger partial charge on any atom is 2.00 e. The van der Waals surface area contributed by atoms with E-state index in [1.807, 2.05) is 30.5 Å². The molecule has 0 saturated carbocycles. The molecule has 7 rings (SSSR count). The normalized spacial score (nSPS) is 12.1. The number of hydrogen-bond donors (Lipinski definition) is 0. The predicted octanol–water partition coefficient (Wildman–Crippen LogP) is 11.9. The standard InChI is InChI=1S/C46H48N4O.Pd/c1-27-22-23-47-40(24-27)49-38-19-14-13-18-36(38)37-21-20-35(26-39(37)49)51-34-17-15-16-33(25-34)50-44(46(10,11)12)42(43(48-50)45(7,8)9)41-31(5)29(3)28(2)30(4)32(41)6;/h13-24H,1-12H3;/q-2;+2. The Morgan fingerprint density at radius 1 is 0.635 bits per heavy atom. The Bertz CT molecular complexity index is 2460. The van der Waals surface area contributed by atoms with Crippen molar-refractivity contribution in [2.45, 2.75) is 93.9 Å². The molecule has 7 aromatic rings. The maximum absolute atomic E-state index is 6.57. The van der Waals surface area contributed by atoms with E-state index >= 15 is 0 Å². The Morgan fingerprint density at radius 2 is 1.29 bits per heavy atom. The topological polar surface area (TPSA) is 44.9 Å². The first kappa shape index (κ1) is 37.3. The molecule has 0 N–H and O–H groups in total. The molecule has 0 fully saturated rings. The Labute approximate surface area is 322 Å². The summed E-state index contributed by atoms with van der Waals surface area (Å²) < 4.78 is 10.8. The molecule has 0 saturated heterocycles. The number of aryl methyl sites for hydroxylation is 1. The monoisotopic (exact) mass is 778 g/mol. The summed E-state index contributed by atoms with van der Waals surface area (Å²) in [6.07, 6.45) is 1.85. The van der Waals surface area contributed by atoms with Crippen molar-refractivity contribution in [1.29, 1.82) is 0 Å². The van der Waals surface area contributed by atoms with Gasteiger partial charge in [-0.25, -0.2) is 4.98 Å². The smallest absolute Gasteiger partial charge is 0.509 e. The van der Waals surface area contributed by atoms with Crippen molar-refractivity contribution in [2.24, 2.45) is 0 Å². The van der Waals surface area contributed by atoms with Crippen molar-refractivity contribution < 1.29 is 25.2 Å². The van der Waals surface area contributed by atoms with Crippen LogP contribution in [0.4, 0.5) is 0 Å². The summed E-state index contributed by atoms with van der Waals surface area (Å²) in [4.78, 5) is 4.73. The van der Waals surface area contributed by atoms with E-state index in [1.165, 1.54) is 38.9 Å². The van der Waals surface area contributed by atoms with Crippen LogP contribution < -0.4 is 4.74 Å². The van der Waals surface area contributed by atoms with Gasteiger partial charge in [-0.2, -0.15) is 17.2 Å². The van der Waals surface area contributed by atoms with Crippen molar-refractivity contribution in [2.75, 3.05) is 0 Å². The first-order chi connectivity index (χ1) is 24.1. The Balaban J connectivity index is 0.00000464. The molecule has 3 heterocycles. The van der Waals surface area contributed by atoms with Gasteiger partial charge in [0, 0.05) is 39.6 Å². The van der Waals surface area contributed by atoms with Crippen LogP contribution in [0.1, 0.15) is 86.3 Å². The minimum atomic E-state index is -0.224. The van der Waals surface area contributed by atoms with Gasteiger partial charge in [-0.15, -0.1) is 35.7 Å². The number of benzene rings is 4. The van der Waals surface area contributed by atoms with Crippen LogP contribution in [0.3, 0.4) is 0 Å². The summed E-state index contributed by atoms with van der Waals surface area (Å²) in [5.41, 5.74) is 15.0. The van der Waals surface area contributed by atoms with E-state index < -0.39 is 0 Å². The molecule has 0 radical (unpaired) electrons. The molecule has 0 unspecified atom stereocenters. The SMILES string of the molecule is Cc1ccnc(-n2c3[c-]c(Oc4[c-]c(-n5nc(C(C)(C)C)c(-c6c(C)c(C)c(C)c(C)c6C)c5C(C)(C)C)ccc4)ccc3c3ccccc32)c1.[Pd+2]. The second-order valence-electron chi connectivity index (χ2n) is 16.1. The van der Waals surface area contributed by atoms with Crippen molar-refractivity contribution in [3.05, 3.63) is 130 Å². The zero-order chi connectivity index (χ0) is 36.6. The van der Waals surface area contributed by atoms with E-state index in [-0.39, 0.29) is 31.3 Å². The molecule has 3 aromatic heterocycles. The van der Waals surface area contributed by atoms with Crippen LogP contribution in [0.5, 0.6) is 11.5 Å². The molecule has 0 atom stereocenters. The van der Waals surface area contributed by atoms with Gasteiger partial charge in [-0.3, -0.25) is 4.68 Å². The van der Waals surface area contributed by atoms with E-state index in [9.17, 15) is 0 Å². The zero-order valence-electron chi connectivity index (χ0n) is 32.4. The van der Waals surface area contributed by atoms with Gasteiger partial charge in [0.1, 0.15) is 5.82 Å². The van der Waals surface area contributed by atoms with Crippen molar-refractivity contribution in [3.63, 3.8) is 0 Å². The van der Waals surface area contributed by atoms with Crippen molar-refractivity contribution in [1.82, 2.24) is 19.3 Å². The van der Waals surface area contributed by atoms with E-state index in [2.05, 4.69) is 147 Å². The number of ether oxygens (including phenoxy) is 1. The van der Waals surface area contributed by atoms with E-state index in [0.717, 1.165) is 50.3 Å². The summed E-state index contributed by atoms with van der Waals surface area (Å²) in [6.45, 7) is 27.0. The first-order valence-corrected chi connectivity index (χ1v) is 17.9. The summed E-state index contributed by atoms with van der Waals surface area (Å²) >= 11 is 0. The van der Waals surface area contributed by atoms with Crippen LogP contribution in [-0.4, -0.2) is 19.3 Å². The number of nitrogens with zero attached hydrogens (tertiary/aromatic N) is 4. The molecule has 6 heteroatoms. The third kappa shape index (κ3) is 6.31. The van der Waals surface area contributed by atoms with Gasteiger partial charge in [0.2, 0.25) is 0 Å². The Hall–Kier alpha value is -4.50. The zero-order valence-corrected chi connectivity index (χ0v) is 34.0. The fraction of sp³-hybridized carbons (Fsp3) is 0.304. The second-order valence-corrected chi connectivity index (χ2v) is 16.1. The first-order valence-electron chi connectivity index (χ1n) is 17.9. The summed E-state index contributed by atoms with van der Waals surface area (Å²) in [5.74, 6) is 2.06. The molecular weight excluding hydrogens is 731 g/mol. The van der Waals surface area contributed by atoms with Gasteiger partial charge in [0.15, 0.2) is 0 Å². The number of hydrogen-bond acceptors (Lipinski definition) is 3. The molecule has 4 aromatic carbocycles. The van der Waals surface area contributed by atoms with Crippen molar-refractivity contribution in [3.8, 4) is 34.1 Å². The number of fused-ring (bicyclic) bond motifs is 3. The molecule has 0 aliphatic rings. The summed E-state index contributed by atoms with van der Waals surface area (Å²) in [7, 11) is 0. The fourth-order valence-electron chi connectivity index (χ4n) is 7.47. The van der Waals surface area contributed by atoms with Gasteiger partial charge < -0.3 is 9.30 Å². The van der Waals surface area contributed by atoms with Crippen LogP contribution in [0, 0.1) is 53.7 Å². The van der Waals surface area contributed by atoms with E-state index in [1.54, 1.807) is 0 Å². The summed E-state index contributed by atoms with van der Waals surface area (Å²) in [6, 6.07) is 29.9. The second kappa shape index (κ2) is 13.5. The number of pyridine rings is 1. The van der Waals surface area contributed by atoms with Crippen LogP contribution >= 0.6 is 0 Å². The van der Waals surface area contributed by atoms with E-state index in [4.69, 9.17) is 14.8 Å². The Morgan fingerprint density at radius 3 is 1.94 bits per heavy atom. The van der Waals surface area contributed by atoms with Gasteiger partial charge in [-0.05, 0) is 110 Å². The molecule has 0 spiro atoms. The quantitative estimate of drug-likeness (QED) is 0.129. The largest absolute Gasteiger partial charge is 2.00 e. The third-order valence-electron chi connectivity index (χ3n) is 10.4. The third-order valence-corrected chi connectivity index (χ3v) is 10.4. The molecule has 0 aliphatic carbocycles. The van der Waals surface area contributed by atoms with Crippen LogP contribution in [0.2, 0.25) is 0 Å². The van der Waals surface area contributed by atoms with Crippen LogP contribution in [0.25, 0.3) is 44.4 Å². The molecule has 5 nitrogen and oxygen atoms in total. The molecule has 0 amide bonds. The van der Waals surface area contributed by atoms with Crippen LogP contribution in [-0.2, 0) is 31.3 Å². The van der Waals surface area contributed by atoms with Gasteiger partial charge in [0.25, 0.3) is 0 Å². The molecule has 52 heavy (non-hydrogen) atoms. The fourth-order valence-corrected chi connectivity index (χ4v) is 7.47. The van der Waals surface area contributed by atoms with Crippen LogP contribution in [0.15, 0.2) is 72.9 Å². The number of rotatable bonds is 5. The minimum Gasteiger partial charge on any atom is -0.509 e. The molecule has 0 bridgehead atoms. The predicted molar refractivity (Wildman–Crippen MR) is 211 cm³/mol. The van der Waals surface area contributed by atoms with Gasteiger partial charge in [0.05, 0.1) is 11.4 Å². The van der Waals surface area contributed by atoms with E-state index in [0.29, 0.717) is 11.5 Å². The number of para-hydroxylation sites is 1.